The Hall–Kier alpha value is -1.55. The summed E-state index contributed by atoms with van der Waals surface area (Å²) < 4.78 is 0. The van der Waals surface area contributed by atoms with Gasteiger partial charge < -0.3 is 10.0 Å². The summed E-state index contributed by atoms with van der Waals surface area (Å²) in [7, 11) is 0. The number of rotatable bonds is 4. The van der Waals surface area contributed by atoms with Crippen LogP contribution in [0, 0.1) is 6.92 Å². The van der Waals surface area contributed by atoms with Crippen molar-refractivity contribution in [3.05, 3.63) is 29.3 Å². The van der Waals surface area contributed by atoms with E-state index in [4.69, 9.17) is 0 Å². The molecule has 1 aromatic carbocycles. The molecule has 1 saturated heterocycles. The molecule has 0 atom stereocenters. The average molecular weight is 262 g/mol. The quantitative estimate of drug-likeness (QED) is 0.903. The highest BCUT2D eigenvalue weighted by Gasteiger charge is 2.20. The molecular formula is C15H22N2O2. The first-order valence-corrected chi connectivity index (χ1v) is 6.93. The summed E-state index contributed by atoms with van der Waals surface area (Å²) in [5.74, 6) is -0.838. The standard InChI is InChI=1S/C15H22N2O2/c1-3-6-16-7-9-17(10-8-16)14-5-4-12(2)11-13(14)15(18)19/h4-5,11H,3,6-10H2,1-2H3,(H,18,19). The van der Waals surface area contributed by atoms with E-state index in [-0.39, 0.29) is 0 Å². The van der Waals surface area contributed by atoms with Gasteiger partial charge in [-0.05, 0) is 32.0 Å². The molecule has 0 spiro atoms. The molecule has 1 aliphatic rings. The molecule has 1 fully saturated rings. The van der Waals surface area contributed by atoms with E-state index in [1.807, 2.05) is 19.1 Å². The Balaban J connectivity index is 2.13. The van der Waals surface area contributed by atoms with Crippen molar-refractivity contribution in [3.8, 4) is 0 Å². The van der Waals surface area contributed by atoms with E-state index in [9.17, 15) is 9.90 Å². The largest absolute Gasteiger partial charge is 0.478 e. The van der Waals surface area contributed by atoms with Gasteiger partial charge in [-0.1, -0.05) is 18.6 Å². The van der Waals surface area contributed by atoms with Crippen molar-refractivity contribution < 1.29 is 9.90 Å². The van der Waals surface area contributed by atoms with Gasteiger partial charge >= 0.3 is 5.97 Å². The molecule has 0 bridgehead atoms. The van der Waals surface area contributed by atoms with E-state index < -0.39 is 5.97 Å². The van der Waals surface area contributed by atoms with Crippen LogP contribution in [0.1, 0.15) is 29.3 Å². The van der Waals surface area contributed by atoms with Gasteiger partial charge in [0.05, 0.1) is 11.3 Å². The molecule has 0 aliphatic carbocycles. The number of nitrogens with zero attached hydrogens (tertiary/aromatic N) is 2. The van der Waals surface area contributed by atoms with Gasteiger partial charge in [0, 0.05) is 26.2 Å². The molecule has 0 aromatic heterocycles. The summed E-state index contributed by atoms with van der Waals surface area (Å²) in [4.78, 5) is 16.0. The third-order valence-corrected chi connectivity index (χ3v) is 3.64. The lowest BCUT2D eigenvalue weighted by atomic mass is 10.1. The van der Waals surface area contributed by atoms with Crippen LogP contribution in [0.25, 0.3) is 0 Å². The number of benzene rings is 1. The maximum atomic E-state index is 11.3. The second kappa shape index (κ2) is 6.06. The van der Waals surface area contributed by atoms with Gasteiger partial charge in [-0.3, -0.25) is 4.90 Å². The monoisotopic (exact) mass is 262 g/mol. The van der Waals surface area contributed by atoms with Crippen LogP contribution >= 0.6 is 0 Å². The molecule has 104 valence electrons. The van der Waals surface area contributed by atoms with Crippen molar-refractivity contribution in [1.29, 1.82) is 0 Å². The molecule has 19 heavy (non-hydrogen) atoms. The number of carboxylic acid groups (broad SMARTS) is 1. The van der Waals surface area contributed by atoms with Crippen molar-refractivity contribution in [2.75, 3.05) is 37.6 Å². The van der Waals surface area contributed by atoms with Gasteiger partial charge in [-0.15, -0.1) is 0 Å². The highest BCUT2D eigenvalue weighted by Crippen LogP contribution is 2.23. The molecule has 1 N–H and O–H groups in total. The van der Waals surface area contributed by atoms with Crippen LogP contribution in [0.2, 0.25) is 0 Å². The number of hydrogen-bond donors (Lipinski definition) is 1. The van der Waals surface area contributed by atoms with Crippen LogP contribution in [-0.4, -0.2) is 48.7 Å². The third-order valence-electron chi connectivity index (χ3n) is 3.64. The minimum Gasteiger partial charge on any atom is -0.478 e. The maximum Gasteiger partial charge on any atom is 0.337 e. The normalized spacial score (nSPS) is 16.6. The molecule has 0 amide bonds. The predicted octanol–water partition coefficient (Wildman–Crippen LogP) is 2.23. The number of hydrogen-bond acceptors (Lipinski definition) is 3. The fourth-order valence-corrected chi connectivity index (χ4v) is 2.63. The van der Waals surface area contributed by atoms with E-state index in [1.165, 1.54) is 6.42 Å². The van der Waals surface area contributed by atoms with Crippen LogP contribution in [0.4, 0.5) is 5.69 Å². The van der Waals surface area contributed by atoms with Crippen molar-refractivity contribution >= 4 is 11.7 Å². The van der Waals surface area contributed by atoms with Crippen LogP contribution < -0.4 is 4.90 Å². The summed E-state index contributed by atoms with van der Waals surface area (Å²) in [5, 5.41) is 9.32. The van der Waals surface area contributed by atoms with Crippen molar-refractivity contribution in [1.82, 2.24) is 4.90 Å². The van der Waals surface area contributed by atoms with Gasteiger partial charge in [0.1, 0.15) is 0 Å². The third kappa shape index (κ3) is 3.26. The van der Waals surface area contributed by atoms with Crippen molar-refractivity contribution in [2.45, 2.75) is 20.3 Å². The molecule has 1 heterocycles. The molecule has 4 nitrogen and oxygen atoms in total. The molecular weight excluding hydrogens is 240 g/mol. The average Bonchev–Trinajstić information content (AvgIpc) is 2.40. The summed E-state index contributed by atoms with van der Waals surface area (Å²) in [6.45, 7) is 9.09. The molecule has 0 radical (unpaired) electrons. The van der Waals surface area contributed by atoms with Crippen LogP contribution in [0.15, 0.2) is 18.2 Å². The SMILES string of the molecule is CCCN1CCN(c2ccc(C)cc2C(=O)O)CC1. The number of piperazine rings is 1. The summed E-state index contributed by atoms with van der Waals surface area (Å²) >= 11 is 0. The Morgan fingerprint density at radius 1 is 1.26 bits per heavy atom. The second-order valence-electron chi connectivity index (χ2n) is 5.15. The Morgan fingerprint density at radius 2 is 1.95 bits per heavy atom. The summed E-state index contributed by atoms with van der Waals surface area (Å²) in [6, 6.07) is 5.69. The van der Waals surface area contributed by atoms with E-state index in [2.05, 4.69) is 16.7 Å². The molecule has 1 aromatic rings. The Kier molecular flexibility index (Phi) is 4.43. The first-order chi connectivity index (χ1) is 9.11. The fraction of sp³-hybridized carbons (Fsp3) is 0.533. The Labute approximate surface area is 114 Å². The second-order valence-corrected chi connectivity index (χ2v) is 5.15. The van der Waals surface area contributed by atoms with Gasteiger partial charge in [0.15, 0.2) is 0 Å². The number of carbonyl (C=O) groups is 1. The van der Waals surface area contributed by atoms with E-state index >= 15 is 0 Å². The van der Waals surface area contributed by atoms with Gasteiger partial charge in [-0.25, -0.2) is 4.79 Å². The maximum absolute atomic E-state index is 11.3. The fourth-order valence-electron chi connectivity index (χ4n) is 2.63. The zero-order valence-corrected chi connectivity index (χ0v) is 11.7. The van der Waals surface area contributed by atoms with Crippen LogP contribution in [0.3, 0.4) is 0 Å². The van der Waals surface area contributed by atoms with Gasteiger partial charge in [-0.2, -0.15) is 0 Å². The van der Waals surface area contributed by atoms with Crippen LogP contribution in [0.5, 0.6) is 0 Å². The minimum atomic E-state index is -0.838. The predicted molar refractivity (Wildman–Crippen MR) is 77.1 cm³/mol. The number of aryl methyl sites for hydroxylation is 1. The van der Waals surface area contributed by atoms with E-state index in [0.717, 1.165) is 44.0 Å². The van der Waals surface area contributed by atoms with Crippen molar-refractivity contribution in [2.24, 2.45) is 0 Å². The molecule has 4 heteroatoms. The molecule has 2 rings (SSSR count). The molecule has 0 unspecified atom stereocenters. The minimum absolute atomic E-state index is 0.420. The topological polar surface area (TPSA) is 43.8 Å². The first-order valence-electron chi connectivity index (χ1n) is 6.93. The van der Waals surface area contributed by atoms with Gasteiger partial charge in [0.25, 0.3) is 0 Å². The highest BCUT2D eigenvalue weighted by atomic mass is 16.4. The lowest BCUT2D eigenvalue weighted by Gasteiger charge is -2.36. The van der Waals surface area contributed by atoms with E-state index in [0.29, 0.717) is 5.56 Å². The summed E-state index contributed by atoms with van der Waals surface area (Å²) in [6.07, 6.45) is 1.17. The Bertz CT molecular complexity index is 451. The van der Waals surface area contributed by atoms with Gasteiger partial charge in [0.2, 0.25) is 0 Å². The molecule has 0 saturated carbocycles. The number of aromatic carboxylic acids is 1. The van der Waals surface area contributed by atoms with E-state index in [1.54, 1.807) is 6.07 Å². The smallest absolute Gasteiger partial charge is 0.337 e. The number of anilines is 1. The summed E-state index contributed by atoms with van der Waals surface area (Å²) in [5.41, 5.74) is 2.27. The van der Waals surface area contributed by atoms with Crippen LogP contribution in [-0.2, 0) is 0 Å². The molecule has 1 aliphatic heterocycles. The zero-order valence-electron chi connectivity index (χ0n) is 11.7. The number of carboxylic acids is 1. The highest BCUT2D eigenvalue weighted by molar-refractivity contribution is 5.94. The van der Waals surface area contributed by atoms with Crippen molar-refractivity contribution in [3.63, 3.8) is 0 Å². The zero-order chi connectivity index (χ0) is 13.8. The first kappa shape index (κ1) is 13.9. The lowest BCUT2D eigenvalue weighted by Crippen LogP contribution is -2.47. The lowest BCUT2D eigenvalue weighted by molar-refractivity contribution is 0.0697. The Morgan fingerprint density at radius 3 is 2.53 bits per heavy atom.